The van der Waals surface area contributed by atoms with Crippen LogP contribution in [0.1, 0.15) is 37.7 Å². The molecule has 0 saturated heterocycles. The smallest absolute Gasteiger partial charge is 0.266 e. The Morgan fingerprint density at radius 3 is 2.29 bits per heavy atom. The van der Waals surface area contributed by atoms with E-state index < -0.39 is 10.1 Å². The van der Waals surface area contributed by atoms with Gasteiger partial charge in [-0.3, -0.25) is 4.18 Å². The molecular formula is C16H21NO3S. The SMILES string of the molecule is Cc1ccc(S(=O)(=O)OCC2CCC(CC#N)CC2)cc1. The molecule has 0 bridgehead atoms. The van der Waals surface area contributed by atoms with Gasteiger partial charge in [-0.1, -0.05) is 17.7 Å². The van der Waals surface area contributed by atoms with Crippen LogP contribution in [0.15, 0.2) is 29.2 Å². The molecule has 1 fully saturated rings. The zero-order valence-corrected chi connectivity index (χ0v) is 13.1. The Kier molecular flexibility index (Phi) is 5.38. The lowest BCUT2D eigenvalue weighted by Gasteiger charge is -2.26. The van der Waals surface area contributed by atoms with E-state index in [0.29, 0.717) is 12.3 Å². The summed E-state index contributed by atoms with van der Waals surface area (Å²) in [6.45, 7) is 2.16. The summed E-state index contributed by atoms with van der Waals surface area (Å²) in [5.41, 5.74) is 1.02. The molecule has 0 aliphatic heterocycles. The van der Waals surface area contributed by atoms with Gasteiger partial charge in [-0.15, -0.1) is 0 Å². The van der Waals surface area contributed by atoms with E-state index in [4.69, 9.17) is 9.44 Å². The topological polar surface area (TPSA) is 67.2 Å². The molecule has 0 atom stereocenters. The minimum Gasteiger partial charge on any atom is -0.266 e. The third-order valence-electron chi connectivity index (χ3n) is 4.11. The van der Waals surface area contributed by atoms with Gasteiger partial charge in [0.1, 0.15) is 0 Å². The quantitative estimate of drug-likeness (QED) is 0.782. The molecule has 4 nitrogen and oxygen atoms in total. The largest absolute Gasteiger partial charge is 0.296 e. The Labute approximate surface area is 126 Å². The zero-order valence-electron chi connectivity index (χ0n) is 12.3. The van der Waals surface area contributed by atoms with E-state index in [9.17, 15) is 8.42 Å². The van der Waals surface area contributed by atoms with Gasteiger partial charge in [-0.05, 0) is 56.6 Å². The summed E-state index contributed by atoms with van der Waals surface area (Å²) in [5.74, 6) is 0.750. The number of nitriles is 1. The Hall–Kier alpha value is -1.38. The summed E-state index contributed by atoms with van der Waals surface area (Å²) in [6, 6.07) is 8.90. The van der Waals surface area contributed by atoms with Crippen LogP contribution in [0.2, 0.25) is 0 Å². The average molecular weight is 307 g/mol. The molecule has 1 saturated carbocycles. The first kappa shape index (κ1) is 16.0. The summed E-state index contributed by atoms with van der Waals surface area (Å²) in [6.07, 6.45) is 4.47. The van der Waals surface area contributed by atoms with E-state index in [0.717, 1.165) is 31.2 Å². The average Bonchev–Trinajstić information content (AvgIpc) is 2.47. The first-order chi connectivity index (χ1) is 10.0. The van der Waals surface area contributed by atoms with Crippen LogP contribution in [0, 0.1) is 30.1 Å². The number of hydrogen-bond donors (Lipinski definition) is 0. The molecule has 21 heavy (non-hydrogen) atoms. The molecule has 0 amide bonds. The highest BCUT2D eigenvalue weighted by Gasteiger charge is 2.24. The first-order valence-electron chi connectivity index (χ1n) is 7.34. The van der Waals surface area contributed by atoms with Crippen molar-refractivity contribution in [1.82, 2.24) is 0 Å². The van der Waals surface area contributed by atoms with Crippen molar-refractivity contribution in [3.05, 3.63) is 29.8 Å². The number of hydrogen-bond acceptors (Lipinski definition) is 4. The summed E-state index contributed by atoms with van der Waals surface area (Å²) in [5, 5.41) is 8.69. The normalized spacial score (nSPS) is 22.7. The summed E-state index contributed by atoms with van der Waals surface area (Å²) >= 11 is 0. The van der Waals surface area contributed by atoms with Crippen LogP contribution in [0.5, 0.6) is 0 Å². The fourth-order valence-electron chi connectivity index (χ4n) is 2.69. The molecule has 0 aromatic heterocycles. The van der Waals surface area contributed by atoms with Crippen LogP contribution in [-0.4, -0.2) is 15.0 Å². The maximum atomic E-state index is 12.1. The molecule has 0 radical (unpaired) electrons. The highest BCUT2D eigenvalue weighted by atomic mass is 32.2. The Morgan fingerprint density at radius 2 is 1.71 bits per heavy atom. The van der Waals surface area contributed by atoms with Crippen molar-refractivity contribution in [3.63, 3.8) is 0 Å². The lowest BCUT2D eigenvalue weighted by atomic mass is 9.81. The fourth-order valence-corrected chi connectivity index (χ4v) is 3.67. The first-order valence-corrected chi connectivity index (χ1v) is 8.75. The third kappa shape index (κ3) is 4.55. The van der Waals surface area contributed by atoms with Gasteiger partial charge >= 0.3 is 0 Å². The second-order valence-electron chi connectivity index (χ2n) is 5.80. The molecule has 1 aromatic carbocycles. The molecule has 0 unspecified atom stereocenters. The third-order valence-corrected chi connectivity index (χ3v) is 5.41. The van der Waals surface area contributed by atoms with Gasteiger partial charge in [0.25, 0.3) is 10.1 Å². The van der Waals surface area contributed by atoms with Crippen molar-refractivity contribution in [1.29, 1.82) is 5.26 Å². The minimum absolute atomic E-state index is 0.214. The second-order valence-corrected chi connectivity index (χ2v) is 7.42. The van der Waals surface area contributed by atoms with Gasteiger partial charge in [-0.25, -0.2) is 0 Å². The van der Waals surface area contributed by atoms with Crippen LogP contribution in [0.4, 0.5) is 0 Å². The van der Waals surface area contributed by atoms with E-state index in [-0.39, 0.29) is 17.4 Å². The van der Waals surface area contributed by atoms with Crippen LogP contribution in [0.25, 0.3) is 0 Å². The standard InChI is InChI=1S/C16H21NO3S/c1-13-2-8-16(9-3-13)21(18,19)20-12-15-6-4-14(5-7-15)10-11-17/h2-3,8-9,14-15H,4-7,10,12H2,1H3. The van der Waals surface area contributed by atoms with Crippen LogP contribution >= 0.6 is 0 Å². The lowest BCUT2D eigenvalue weighted by molar-refractivity contribution is 0.188. The molecule has 0 N–H and O–H groups in total. The molecule has 0 spiro atoms. The lowest BCUT2D eigenvalue weighted by Crippen LogP contribution is -2.20. The molecule has 5 heteroatoms. The van der Waals surface area contributed by atoms with E-state index in [1.807, 2.05) is 6.92 Å². The van der Waals surface area contributed by atoms with Crippen molar-refractivity contribution >= 4 is 10.1 Å². The van der Waals surface area contributed by atoms with Crippen LogP contribution in [0.3, 0.4) is 0 Å². The Bertz CT molecular complexity index is 593. The fraction of sp³-hybridized carbons (Fsp3) is 0.562. The van der Waals surface area contributed by atoms with Gasteiger partial charge in [0.05, 0.1) is 17.6 Å². The molecule has 1 aliphatic rings. The minimum atomic E-state index is -3.65. The number of nitrogens with zero attached hydrogens (tertiary/aromatic N) is 1. The van der Waals surface area contributed by atoms with Gasteiger partial charge in [0.2, 0.25) is 0 Å². The van der Waals surface area contributed by atoms with E-state index >= 15 is 0 Å². The Balaban J connectivity index is 1.86. The molecule has 1 aromatic rings. The van der Waals surface area contributed by atoms with Crippen molar-refractivity contribution in [2.45, 2.75) is 43.9 Å². The maximum absolute atomic E-state index is 12.1. The monoisotopic (exact) mass is 307 g/mol. The van der Waals surface area contributed by atoms with Gasteiger partial charge < -0.3 is 0 Å². The number of rotatable bonds is 5. The molecular weight excluding hydrogens is 286 g/mol. The van der Waals surface area contributed by atoms with Crippen molar-refractivity contribution < 1.29 is 12.6 Å². The van der Waals surface area contributed by atoms with Crippen LogP contribution < -0.4 is 0 Å². The molecule has 114 valence electrons. The summed E-state index contributed by atoms with van der Waals surface area (Å²) in [4.78, 5) is 0.214. The summed E-state index contributed by atoms with van der Waals surface area (Å²) in [7, 11) is -3.65. The van der Waals surface area contributed by atoms with Crippen molar-refractivity contribution in [2.24, 2.45) is 11.8 Å². The van der Waals surface area contributed by atoms with Crippen molar-refractivity contribution in [3.8, 4) is 6.07 Å². The van der Waals surface area contributed by atoms with Gasteiger partial charge in [0, 0.05) is 6.42 Å². The van der Waals surface area contributed by atoms with Crippen LogP contribution in [-0.2, 0) is 14.3 Å². The molecule has 1 aliphatic carbocycles. The van der Waals surface area contributed by atoms with Gasteiger partial charge in [-0.2, -0.15) is 13.7 Å². The summed E-state index contributed by atoms with van der Waals surface area (Å²) < 4.78 is 29.4. The second kappa shape index (κ2) is 7.06. The van der Waals surface area contributed by atoms with Crippen molar-refractivity contribution in [2.75, 3.05) is 6.61 Å². The number of aryl methyl sites for hydroxylation is 1. The maximum Gasteiger partial charge on any atom is 0.296 e. The van der Waals surface area contributed by atoms with E-state index in [1.54, 1.807) is 24.3 Å². The van der Waals surface area contributed by atoms with E-state index in [2.05, 4.69) is 6.07 Å². The predicted molar refractivity (Wildman–Crippen MR) is 80.0 cm³/mol. The Morgan fingerprint density at radius 1 is 1.14 bits per heavy atom. The zero-order chi connectivity index (χ0) is 15.3. The highest BCUT2D eigenvalue weighted by molar-refractivity contribution is 7.86. The highest BCUT2D eigenvalue weighted by Crippen LogP contribution is 2.31. The van der Waals surface area contributed by atoms with E-state index in [1.165, 1.54) is 0 Å². The predicted octanol–water partition coefficient (Wildman–Crippen LogP) is 3.42. The number of benzene rings is 1. The van der Waals surface area contributed by atoms with Gasteiger partial charge in [0.15, 0.2) is 0 Å². The molecule has 0 heterocycles. The molecule has 2 rings (SSSR count).